The number of halogens is 1. The standard InChI is InChI=1S/C7H7ClO5S/c1-4-6(14(8,10)11)3-5(13-4)7(9)12-2/h3H,1-2H3. The largest absolute Gasteiger partial charge is 0.463 e. The third kappa shape index (κ3) is 2.08. The van der Waals surface area contributed by atoms with Gasteiger partial charge in [0.2, 0.25) is 5.76 Å². The van der Waals surface area contributed by atoms with E-state index in [0.29, 0.717) is 0 Å². The molecule has 7 heteroatoms. The van der Waals surface area contributed by atoms with Gasteiger partial charge in [0.15, 0.2) is 0 Å². The van der Waals surface area contributed by atoms with Gasteiger partial charge in [0.05, 0.1) is 7.11 Å². The minimum atomic E-state index is -3.88. The first-order valence-corrected chi connectivity index (χ1v) is 5.80. The smallest absolute Gasteiger partial charge is 0.373 e. The molecule has 5 nitrogen and oxygen atoms in total. The summed E-state index contributed by atoms with van der Waals surface area (Å²) in [5, 5.41) is 0. The van der Waals surface area contributed by atoms with Gasteiger partial charge in [-0.1, -0.05) is 0 Å². The van der Waals surface area contributed by atoms with Gasteiger partial charge < -0.3 is 9.15 Å². The number of ether oxygens (including phenoxy) is 1. The monoisotopic (exact) mass is 238 g/mol. The van der Waals surface area contributed by atoms with Gasteiger partial charge in [-0.2, -0.15) is 0 Å². The van der Waals surface area contributed by atoms with Crippen LogP contribution in [-0.2, 0) is 13.8 Å². The Bertz CT molecular complexity index is 458. The van der Waals surface area contributed by atoms with Crippen molar-refractivity contribution >= 4 is 25.7 Å². The molecule has 0 radical (unpaired) electrons. The van der Waals surface area contributed by atoms with E-state index >= 15 is 0 Å². The highest BCUT2D eigenvalue weighted by atomic mass is 35.7. The van der Waals surface area contributed by atoms with Gasteiger partial charge in [0, 0.05) is 16.7 Å². The summed E-state index contributed by atoms with van der Waals surface area (Å²) < 4.78 is 31.1. The van der Waals surface area contributed by atoms with Crippen molar-refractivity contribution in [3.63, 3.8) is 0 Å². The summed E-state index contributed by atoms with van der Waals surface area (Å²) in [5.41, 5.74) is 0. The summed E-state index contributed by atoms with van der Waals surface area (Å²) in [6.07, 6.45) is 0. The third-order valence-electron chi connectivity index (χ3n) is 1.52. The fourth-order valence-corrected chi connectivity index (χ4v) is 2.00. The normalized spacial score (nSPS) is 11.4. The van der Waals surface area contributed by atoms with Gasteiger partial charge in [0.25, 0.3) is 9.05 Å². The van der Waals surface area contributed by atoms with E-state index in [1.807, 2.05) is 0 Å². The van der Waals surface area contributed by atoms with Crippen molar-refractivity contribution < 1.29 is 22.4 Å². The van der Waals surface area contributed by atoms with E-state index in [1.54, 1.807) is 0 Å². The van der Waals surface area contributed by atoms with Crippen LogP contribution in [-0.4, -0.2) is 21.5 Å². The van der Waals surface area contributed by atoms with Crippen LogP contribution in [0.5, 0.6) is 0 Å². The zero-order valence-corrected chi connectivity index (χ0v) is 8.98. The predicted molar refractivity (Wildman–Crippen MR) is 47.8 cm³/mol. The Balaban J connectivity index is 3.25. The molecule has 0 spiro atoms. The first kappa shape index (κ1) is 11.1. The lowest BCUT2D eigenvalue weighted by Gasteiger charge is -1.90. The number of hydrogen-bond donors (Lipinski definition) is 0. The van der Waals surface area contributed by atoms with E-state index in [2.05, 4.69) is 4.74 Å². The molecule has 0 bridgehead atoms. The van der Waals surface area contributed by atoms with E-state index in [9.17, 15) is 13.2 Å². The van der Waals surface area contributed by atoms with Gasteiger partial charge >= 0.3 is 5.97 Å². The summed E-state index contributed by atoms with van der Waals surface area (Å²) in [7, 11) is 2.36. The van der Waals surface area contributed by atoms with Crippen molar-refractivity contribution in [1.82, 2.24) is 0 Å². The van der Waals surface area contributed by atoms with Crippen molar-refractivity contribution in [3.8, 4) is 0 Å². The number of carbonyl (C=O) groups is 1. The lowest BCUT2D eigenvalue weighted by atomic mass is 10.4. The summed E-state index contributed by atoms with van der Waals surface area (Å²) in [6, 6.07) is 1.03. The van der Waals surface area contributed by atoms with Crippen LogP contribution >= 0.6 is 10.7 Å². The Morgan fingerprint density at radius 2 is 2.14 bits per heavy atom. The number of furan rings is 1. The highest BCUT2D eigenvalue weighted by Gasteiger charge is 2.22. The SMILES string of the molecule is COC(=O)c1cc(S(=O)(=O)Cl)c(C)o1. The quantitative estimate of drug-likeness (QED) is 0.574. The number of esters is 1. The second kappa shape index (κ2) is 3.62. The van der Waals surface area contributed by atoms with Crippen LogP contribution < -0.4 is 0 Å². The average Bonchev–Trinajstić information content (AvgIpc) is 2.45. The minimum Gasteiger partial charge on any atom is -0.463 e. The number of aryl methyl sites for hydroxylation is 1. The minimum absolute atomic E-state index is 0.0559. The zero-order valence-electron chi connectivity index (χ0n) is 7.40. The molecule has 0 fully saturated rings. The molecule has 1 aromatic rings. The van der Waals surface area contributed by atoms with Crippen molar-refractivity contribution in [2.45, 2.75) is 11.8 Å². The van der Waals surface area contributed by atoms with Crippen LogP contribution in [0.2, 0.25) is 0 Å². The predicted octanol–water partition coefficient (Wildman–Crippen LogP) is 1.30. The average molecular weight is 239 g/mol. The molecular weight excluding hydrogens is 232 g/mol. The summed E-state index contributed by atoms with van der Waals surface area (Å²) in [4.78, 5) is 10.7. The Morgan fingerprint density at radius 3 is 2.50 bits per heavy atom. The molecule has 1 aromatic heterocycles. The highest BCUT2D eigenvalue weighted by Crippen LogP contribution is 2.23. The maximum Gasteiger partial charge on any atom is 0.373 e. The van der Waals surface area contributed by atoms with Crippen LogP contribution in [0, 0.1) is 6.92 Å². The highest BCUT2D eigenvalue weighted by molar-refractivity contribution is 8.13. The van der Waals surface area contributed by atoms with Gasteiger partial charge in [-0.15, -0.1) is 0 Å². The maximum atomic E-state index is 11.0. The van der Waals surface area contributed by atoms with E-state index in [0.717, 1.165) is 13.2 Å². The maximum absolute atomic E-state index is 11.0. The van der Waals surface area contributed by atoms with Crippen molar-refractivity contribution in [2.75, 3.05) is 7.11 Å². The summed E-state index contributed by atoms with van der Waals surface area (Å²) in [6.45, 7) is 1.39. The summed E-state index contributed by atoms with van der Waals surface area (Å²) >= 11 is 0. The number of methoxy groups -OCH3 is 1. The molecule has 0 aliphatic heterocycles. The van der Waals surface area contributed by atoms with Gasteiger partial charge in [-0.05, 0) is 6.92 Å². The third-order valence-corrected chi connectivity index (χ3v) is 2.95. The van der Waals surface area contributed by atoms with Crippen molar-refractivity contribution in [2.24, 2.45) is 0 Å². The Morgan fingerprint density at radius 1 is 1.57 bits per heavy atom. The van der Waals surface area contributed by atoms with Crippen LogP contribution in [0.3, 0.4) is 0 Å². The fourth-order valence-electron chi connectivity index (χ4n) is 0.909. The first-order valence-electron chi connectivity index (χ1n) is 3.49. The van der Waals surface area contributed by atoms with Gasteiger partial charge in [-0.25, -0.2) is 13.2 Å². The Hall–Kier alpha value is -1.01. The van der Waals surface area contributed by atoms with Crippen LogP contribution in [0.4, 0.5) is 0 Å². The first-order chi connectivity index (χ1) is 6.36. The molecule has 0 aliphatic rings. The second-order valence-corrected chi connectivity index (χ2v) is 4.99. The number of carbonyl (C=O) groups excluding carboxylic acids is 1. The van der Waals surface area contributed by atoms with Crippen LogP contribution in [0.1, 0.15) is 16.3 Å². The van der Waals surface area contributed by atoms with E-state index in [-0.39, 0.29) is 16.4 Å². The molecule has 0 aliphatic carbocycles. The van der Waals surface area contributed by atoms with Crippen LogP contribution in [0.25, 0.3) is 0 Å². The van der Waals surface area contributed by atoms with Gasteiger partial charge in [0.1, 0.15) is 10.7 Å². The molecule has 0 saturated heterocycles. The molecule has 14 heavy (non-hydrogen) atoms. The Kier molecular flexibility index (Phi) is 2.86. The molecular formula is C7H7ClO5S. The fraction of sp³-hybridized carbons (Fsp3) is 0.286. The molecule has 0 unspecified atom stereocenters. The molecule has 0 saturated carbocycles. The topological polar surface area (TPSA) is 73.6 Å². The van der Waals surface area contributed by atoms with E-state index in [4.69, 9.17) is 15.1 Å². The lowest BCUT2D eigenvalue weighted by Crippen LogP contribution is -1.98. The molecule has 0 amide bonds. The molecule has 1 rings (SSSR count). The molecule has 0 aromatic carbocycles. The number of hydrogen-bond acceptors (Lipinski definition) is 5. The molecule has 78 valence electrons. The molecule has 1 heterocycles. The van der Waals surface area contributed by atoms with Crippen LogP contribution in [0.15, 0.2) is 15.4 Å². The summed E-state index contributed by atoms with van der Waals surface area (Å²) in [5.74, 6) is -0.885. The van der Waals surface area contributed by atoms with Crippen molar-refractivity contribution in [3.05, 3.63) is 17.6 Å². The zero-order chi connectivity index (χ0) is 10.9. The molecule has 0 N–H and O–H groups in total. The second-order valence-electron chi connectivity index (χ2n) is 2.46. The lowest BCUT2D eigenvalue weighted by molar-refractivity contribution is 0.0563. The van der Waals surface area contributed by atoms with E-state index in [1.165, 1.54) is 6.92 Å². The van der Waals surface area contributed by atoms with E-state index < -0.39 is 15.0 Å². The van der Waals surface area contributed by atoms with Gasteiger partial charge in [-0.3, -0.25) is 0 Å². The molecule has 0 atom stereocenters. The Labute approximate surface area is 85.0 Å². The van der Waals surface area contributed by atoms with Crippen molar-refractivity contribution in [1.29, 1.82) is 0 Å². The number of rotatable bonds is 2.